The summed E-state index contributed by atoms with van der Waals surface area (Å²) < 4.78 is 10.6. The fourth-order valence-electron chi connectivity index (χ4n) is 1.74. The van der Waals surface area contributed by atoms with Crippen molar-refractivity contribution in [3.8, 4) is 11.5 Å². The largest absolute Gasteiger partial charge is 0.497 e. The van der Waals surface area contributed by atoms with Gasteiger partial charge in [-0.3, -0.25) is 4.79 Å². The molecule has 0 bridgehead atoms. The zero-order chi connectivity index (χ0) is 16.1. The van der Waals surface area contributed by atoms with E-state index in [4.69, 9.17) is 32.7 Å². The SMILES string of the molecule is COc1ccc(O[C@H](C)C(=O)Nc2cc(Cl)ccc2Cl)cc1. The van der Waals surface area contributed by atoms with E-state index in [0.29, 0.717) is 21.5 Å². The molecule has 0 saturated carbocycles. The second-order valence-corrected chi connectivity index (χ2v) is 5.39. The van der Waals surface area contributed by atoms with Crippen LogP contribution in [0.25, 0.3) is 0 Å². The molecule has 0 aliphatic rings. The third-order valence-electron chi connectivity index (χ3n) is 2.93. The molecule has 1 atom stereocenters. The first-order valence-corrected chi connectivity index (χ1v) is 7.32. The minimum Gasteiger partial charge on any atom is -0.497 e. The van der Waals surface area contributed by atoms with Crippen molar-refractivity contribution in [1.29, 1.82) is 0 Å². The van der Waals surface area contributed by atoms with Crippen molar-refractivity contribution < 1.29 is 14.3 Å². The molecule has 2 aromatic carbocycles. The summed E-state index contributed by atoms with van der Waals surface area (Å²) >= 11 is 11.9. The highest BCUT2D eigenvalue weighted by Crippen LogP contribution is 2.26. The van der Waals surface area contributed by atoms with Crippen LogP contribution >= 0.6 is 23.2 Å². The Morgan fingerprint density at radius 2 is 1.73 bits per heavy atom. The van der Waals surface area contributed by atoms with Crippen LogP contribution in [0.1, 0.15) is 6.92 Å². The normalized spacial score (nSPS) is 11.6. The number of hydrogen-bond acceptors (Lipinski definition) is 3. The number of anilines is 1. The Hall–Kier alpha value is -1.91. The molecule has 4 nitrogen and oxygen atoms in total. The molecule has 0 radical (unpaired) electrons. The summed E-state index contributed by atoms with van der Waals surface area (Å²) in [4.78, 5) is 12.1. The van der Waals surface area contributed by atoms with Gasteiger partial charge in [0.1, 0.15) is 11.5 Å². The van der Waals surface area contributed by atoms with Crippen LogP contribution in [0.15, 0.2) is 42.5 Å². The summed E-state index contributed by atoms with van der Waals surface area (Å²) in [6.07, 6.45) is -0.691. The number of benzene rings is 2. The maximum absolute atomic E-state index is 12.1. The second kappa shape index (κ2) is 7.38. The van der Waals surface area contributed by atoms with Crippen LogP contribution in [-0.2, 0) is 4.79 Å². The van der Waals surface area contributed by atoms with Crippen LogP contribution < -0.4 is 14.8 Å². The number of amides is 1. The Morgan fingerprint density at radius 1 is 1.09 bits per heavy atom. The fourth-order valence-corrected chi connectivity index (χ4v) is 2.08. The van der Waals surface area contributed by atoms with Gasteiger partial charge < -0.3 is 14.8 Å². The van der Waals surface area contributed by atoms with Crippen LogP contribution in [0.4, 0.5) is 5.69 Å². The molecular formula is C16H15Cl2NO3. The van der Waals surface area contributed by atoms with Crippen molar-refractivity contribution in [2.45, 2.75) is 13.0 Å². The average Bonchev–Trinajstić information content (AvgIpc) is 2.51. The average molecular weight is 340 g/mol. The number of carbonyl (C=O) groups excluding carboxylic acids is 1. The van der Waals surface area contributed by atoms with Gasteiger partial charge in [0.25, 0.3) is 5.91 Å². The van der Waals surface area contributed by atoms with Crippen molar-refractivity contribution in [2.75, 3.05) is 12.4 Å². The van der Waals surface area contributed by atoms with E-state index in [1.807, 2.05) is 0 Å². The van der Waals surface area contributed by atoms with E-state index in [9.17, 15) is 4.79 Å². The van der Waals surface area contributed by atoms with Crippen LogP contribution in [0, 0.1) is 0 Å². The van der Waals surface area contributed by atoms with Crippen molar-refractivity contribution in [2.24, 2.45) is 0 Å². The van der Waals surface area contributed by atoms with Crippen molar-refractivity contribution >= 4 is 34.8 Å². The maximum Gasteiger partial charge on any atom is 0.265 e. The molecule has 2 aromatic rings. The molecule has 2 rings (SSSR count). The van der Waals surface area contributed by atoms with Crippen LogP contribution in [0.2, 0.25) is 10.0 Å². The lowest BCUT2D eigenvalue weighted by atomic mass is 10.3. The predicted octanol–water partition coefficient (Wildman–Crippen LogP) is 4.41. The highest BCUT2D eigenvalue weighted by molar-refractivity contribution is 6.35. The molecule has 1 N–H and O–H groups in total. The zero-order valence-corrected chi connectivity index (χ0v) is 13.6. The Kier molecular flexibility index (Phi) is 5.52. The second-order valence-electron chi connectivity index (χ2n) is 4.55. The molecule has 116 valence electrons. The van der Waals surface area contributed by atoms with Gasteiger partial charge in [0.05, 0.1) is 17.8 Å². The van der Waals surface area contributed by atoms with Gasteiger partial charge in [-0.2, -0.15) is 0 Å². The number of nitrogens with one attached hydrogen (secondary N) is 1. The monoisotopic (exact) mass is 339 g/mol. The Labute approximate surface area is 138 Å². The molecule has 1 amide bonds. The summed E-state index contributed by atoms with van der Waals surface area (Å²) in [7, 11) is 1.58. The minimum absolute atomic E-state index is 0.319. The molecule has 6 heteroatoms. The highest BCUT2D eigenvalue weighted by Gasteiger charge is 2.16. The Balaban J connectivity index is 2.00. The lowest BCUT2D eigenvalue weighted by molar-refractivity contribution is -0.122. The standard InChI is InChI=1S/C16H15Cl2NO3/c1-10(22-13-6-4-12(21-2)5-7-13)16(20)19-15-9-11(17)3-8-14(15)18/h3-10H,1-2H3,(H,19,20)/t10-/m1/s1. The molecule has 0 unspecified atom stereocenters. The summed E-state index contributed by atoms with van der Waals surface area (Å²) in [5, 5.41) is 3.59. The van der Waals surface area contributed by atoms with Crippen LogP contribution in [0.3, 0.4) is 0 Å². The number of hydrogen-bond donors (Lipinski definition) is 1. The molecule has 0 fully saturated rings. The van der Waals surface area contributed by atoms with Crippen molar-refractivity contribution in [3.63, 3.8) is 0 Å². The number of halogens is 2. The van der Waals surface area contributed by atoms with Crippen LogP contribution in [0.5, 0.6) is 11.5 Å². The van der Waals surface area contributed by atoms with Gasteiger partial charge in [0, 0.05) is 5.02 Å². The lowest BCUT2D eigenvalue weighted by Gasteiger charge is -2.15. The third-order valence-corrected chi connectivity index (χ3v) is 3.49. The van der Waals surface area contributed by atoms with Crippen LogP contribution in [-0.4, -0.2) is 19.1 Å². The zero-order valence-electron chi connectivity index (χ0n) is 12.1. The summed E-state index contributed by atoms with van der Waals surface area (Å²) in [5.74, 6) is 0.968. The third kappa shape index (κ3) is 4.29. The maximum atomic E-state index is 12.1. The molecule has 0 aliphatic carbocycles. The van der Waals surface area contributed by atoms with E-state index >= 15 is 0 Å². The minimum atomic E-state index is -0.691. The lowest BCUT2D eigenvalue weighted by Crippen LogP contribution is -2.30. The Morgan fingerprint density at radius 3 is 2.36 bits per heavy atom. The van der Waals surface area contributed by atoms with E-state index in [1.54, 1.807) is 56.5 Å². The number of carbonyl (C=O) groups is 1. The number of rotatable bonds is 5. The predicted molar refractivity (Wildman–Crippen MR) is 88.2 cm³/mol. The van der Waals surface area contributed by atoms with E-state index in [-0.39, 0.29) is 5.91 Å². The molecule has 0 saturated heterocycles. The fraction of sp³-hybridized carbons (Fsp3) is 0.188. The van der Waals surface area contributed by atoms with Gasteiger partial charge in [-0.15, -0.1) is 0 Å². The summed E-state index contributed by atoms with van der Waals surface area (Å²) in [6.45, 7) is 1.65. The molecule has 0 aliphatic heterocycles. The highest BCUT2D eigenvalue weighted by atomic mass is 35.5. The van der Waals surface area contributed by atoms with Crippen molar-refractivity contribution in [3.05, 3.63) is 52.5 Å². The summed E-state index contributed by atoms with van der Waals surface area (Å²) in [6, 6.07) is 11.8. The first-order chi connectivity index (χ1) is 10.5. The van der Waals surface area contributed by atoms with Gasteiger partial charge in [0.15, 0.2) is 6.10 Å². The van der Waals surface area contributed by atoms with E-state index < -0.39 is 6.10 Å². The van der Waals surface area contributed by atoms with Gasteiger partial charge in [-0.1, -0.05) is 23.2 Å². The smallest absolute Gasteiger partial charge is 0.265 e. The topological polar surface area (TPSA) is 47.6 Å². The van der Waals surface area contributed by atoms with E-state index in [1.165, 1.54) is 0 Å². The molecule has 0 heterocycles. The van der Waals surface area contributed by atoms with Gasteiger partial charge in [0.2, 0.25) is 0 Å². The summed E-state index contributed by atoms with van der Waals surface area (Å²) in [5.41, 5.74) is 0.448. The quantitative estimate of drug-likeness (QED) is 0.877. The first-order valence-electron chi connectivity index (χ1n) is 6.56. The van der Waals surface area contributed by atoms with Crippen molar-refractivity contribution in [1.82, 2.24) is 0 Å². The Bertz CT molecular complexity index is 659. The molecular weight excluding hydrogens is 325 g/mol. The first kappa shape index (κ1) is 16.5. The molecule has 0 spiro atoms. The van der Waals surface area contributed by atoms with E-state index in [2.05, 4.69) is 5.32 Å². The number of ether oxygens (including phenoxy) is 2. The van der Waals surface area contributed by atoms with Gasteiger partial charge >= 0.3 is 0 Å². The van der Waals surface area contributed by atoms with E-state index in [0.717, 1.165) is 5.75 Å². The number of methoxy groups -OCH3 is 1. The molecule has 22 heavy (non-hydrogen) atoms. The van der Waals surface area contributed by atoms with Gasteiger partial charge in [-0.25, -0.2) is 0 Å². The van der Waals surface area contributed by atoms with Gasteiger partial charge in [-0.05, 0) is 49.4 Å². The molecule has 0 aromatic heterocycles.